The molecule has 0 aliphatic rings. The van der Waals surface area contributed by atoms with E-state index in [0.29, 0.717) is 12.1 Å². The fraction of sp³-hybridized carbons (Fsp3) is 0.0714. The van der Waals surface area contributed by atoms with Crippen LogP contribution in [0.25, 0.3) is 11.0 Å². The van der Waals surface area contributed by atoms with E-state index in [9.17, 15) is 4.79 Å². The number of furan rings is 2. The first kappa shape index (κ1) is 10.7. The van der Waals surface area contributed by atoms with Crippen LogP contribution in [0, 0.1) is 0 Å². The van der Waals surface area contributed by atoms with Gasteiger partial charge in [0.25, 0.3) is 5.91 Å². The largest absolute Gasteiger partial charge is 0.472 e. The number of carbonyl (C=O) groups excluding carboxylic acids is 1. The van der Waals surface area contributed by atoms with Crippen LogP contribution in [0.4, 0.5) is 0 Å². The molecule has 0 fully saturated rings. The molecule has 0 spiro atoms. The van der Waals surface area contributed by atoms with Gasteiger partial charge in [0.1, 0.15) is 17.6 Å². The molecule has 3 rings (SSSR count). The highest BCUT2D eigenvalue weighted by Gasteiger charge is 2.08. The van der Waals surface area contributed by atoms with E-state index >= 15 is 0 Å². The summed E-state index contributed by atoms with van der Waals surface area (Å²) in [6.07, 6.45) is 2.88. The minimum atomic E-state index is -0.177. The van der Waals surface area contributed by atoms with Crippen molar-refractivity contribution in [1.29, 1.82) is 0 Å². The van der Waals surface area contributed by atoms with Crippen LogP contribution in [-0.2, 0) is 6.54 Å². The first-order valence-corrected chi connectivity index (χ1v) is 5.61. The Hall–Kier alpha value is -2.49. The molecule has 0 aliphatic heterocycles. The van der Waals surface area contributed by atoms with Crippen molar-refractivity contribution < 1.29 is 13.6 Å². The highest BCUT2D eigenvalue weighted by molar-refractivity contribution is 5.93. The van der Waals surface area contributed by atoms with Gasteiger partial charge in [-0.25, -0.2) is 0 Å². The molecule has 1 amide bonds. The van der Waals surface area contributed by atoms with Crippen LogP contribution in [0.2, 0.25) is 0 Å². The van der Waals surface area contributed by atoms with E-state index in [4.69, 9.17) is 8.83 Å². The fourth-order valence-corrected chi connectivity index (χ4v) is 1.79. The normalized spacial score (nSPS) is 10.7. The number of para-hydroxylation sites is 1. The van der Waals surface area contributed by atoms with Gasteiger partial charge in [-0.05, 0) is 18.2 Å². The summed E-state index contributed by atoms with van der Waals surface area (Å²) >= 11 is 0. The van der Waals surface area contributed by atoms with Gasteiger partial charge in [0, 0.05) is 5.39 Å². The Labute approximate surface area is 103 Å². The third-order valence-electron chi connectivity index (χ3n) is 2.68. The summed E-state index contributed by atoms with van der Waals surface area (Å²) in [6, 6.07) is 11.3. The van der Waals surface area contributed by atoms with Crippen LogP contribution < -0.4 is 5.32 Å². The van der Waals surface area contributed by atoms with Gasteiger partial charge in [-0.15, -0.1) is 0 Å². The lowest BCUT2D eigenvalue weighted by Gasteiger charge is -1.99. The lowest BCUT2D eigenvalue weighted by Crippen LogP contribution is -2.21. The van der Waals surface area contributed by atoms with Crippen LogP contribution in [0.3, 0.4) is 0 Å². The van der Waals surface area contributed by atoms with Crippen molar-refractivity contribution in [1.82, 2.24) is 5.32 Å². The van der Waals surface area contributed by atoms with Gasteiger partial charge in [0.05, 0.1) is 18.4 Å². The average Bonchev–Trinajstić information content (AvgIpc) is 3.04. The minimum Gasteiger partial charge on any atom is -0.472 e. The zero-order chi connectivity index (χ0) is 12.4. The van der Waals surface area contributed by atoms with Gasteiger partial charge < -0.3 is 14.2 Å². The Morgan fingerprint density at radius 3 is 2.89 bits per heavy atom. The molecule has 90 valence electrons. The van der Waals surface area contributed by atoms with Gasteiger partial charge in [0.15, 0.2) is 0 Å². The molecule has 0 unspecified atom stereocenters. The molecule has 0 bridgehead atoms. The second-order valence-corrected chi connectivity index (χ2v) is 3.95. The first-order chi connectivity index (χ1) is 8.83. The van der Waals surface area contributed by atoms with E-state index in [1.54, 1.807) is 6.07 Å². The third kappa shape index (κ3) is 2.00. The number of rotatable bonds is 3. The zero-order valence-electron chi connectivity index (χ0n) is 9.55. The molecule has 4 nitrogen and oxygen atoms in total. The summed E-state index contributed by atoms with van der Waals surface area (Å²) < 4.78 is 10.4. The molecule has 0 atom stereocenters. The summed E-state index contributed by atoms with van der Waals surface area (Å²) in [4.78, 5) is 11.7. The van der Waals surface area contributed by atoms with Gasteiger partial charge in [-0.3, -0.25) is 4.79 Å². The van der Waals surface area contributed by atoms with Crippen molar-refractivity contribution in [3.63, 3.8) is 0 Å². The predicted octanol–water partition coefficient (Wildman–Crippen LogP) is 2.96. The number of fused-ring (bicyclic) bond motifs is 1. The highest BCUT2D eigenvalue weighted by atomic mass is 16.3. The maximum atomic E-state index is 11.7. The zero-order valence-corrected chi connectivity index (χ0v) is 9.55. The Balaban J connectivity index is 1.71. The van der Waals surface area contributed by atoms with E-state index in [-0.39, 0.29) is 5.91 Å². The smallest absolute Gasteiger partial charge is 0.254 e. The van der Waals surface area contributed by atoms with Gasteiger partial charge in [0.2, 0.25) is 0 Å². The van der Waals surface area contributed by atoms with E-state index < -0.39 is 0 Å². The van der Waals surface area contributed by atoms with Crippen molar-refractivity contribution in [2.75, 3.05) is 0 Å². The summed E-state index contributed by atoms with van der Waals surface area (Å²) in [6.45, 7) is 0.360. The topological polar surface area (TPSA) is 55.4 Å². The molecule has 1 aromatic carbocycles. The Bertz CT molecular complexity index is 634. The molecule has 0 saturated heterocycles. The van der Waals surface area contributed by atoms with Crippen LogP contribution in [-0.4, -0.2) is 5.91 Å². The monoisotopic (exact) mass is 241 g/mol. The number of hydrogen-bond acceptors (Lipinski definition) is 3. The number of carbonyl (C=O) groups is 1. The summed E-state index contributed by atoms with van der Waals surface area (Å²) in [5, 5.41) is 3.80. The summed E-state index contributed by atoms with van der Waals surface area (Å²) in [5.74, 6) is 0.553. The standard InChI is InChI=1S/C14H11NO3/c16-14(11-5-6-17-9-11)15-8-12-7-10-3-1-2-4-13(10)18-12/h1-7,9H,8H2,(H,15,16). The summed E-state index contributed by atoms with van der Waals surface area (Å²) in [5.41, 5.74) is 1.33. The second kappa shape index (κ2) is 4.41. The highest BCUT2D eigenvalue weighted by Crippen LogP contribution is 2.18. The van der Waals surface area contributed by atoms with Gasteiger partial charge in [-0.2, -0.15) is 0 Å². The van der Waals surface area contributed by atoms with E-state index in [2.05, 4.69) is 5.32 Å². The Kier molecular flexibility index (Phi) is 2.61. The first-order valence-electron chi connectivity index (χ1n) is 5.61. The molecule has 2 aromatic heterocycles. The lowest BCUT2D eigenvalue weighted by molar-refractivity contribution is 0.0947. The van der Waals surface area contributed by atoms with Gasteiger partial charge >= 0.3 is 0 Å². The SMILES string of the molecule is O=C(NCc1cc2ccccc2o1)c1ccoc1. The Morgan fingerprint density at radius 1 is 1.22 bits per heavy atom. The fourth-order valence-electron chi connectivity index (χ4n) is 1.79. The molecule has 3 aromatic rings. The van der Waals surface area contributed by atoms with Crippen molar-refractivity contribution in [2.24, 2.45) is 0 Å². The molecular weight excluding hydrogens is 230 g/mol. The molecular formula is C14H11NO3. The van der Waals surface area contributed by atoms with Crippen molar-refractivity contribution in [2.45, 2.75) is 6.54 Å². The number of amides is 1. The van der Waals surface area contributed by atoms with Crippen LogP contribution in [0.5, 0.6) is 0 Å². The third-order valence-corrected chi connectivity index (χ3v) is 2.68. The molecule has 4 heteroatoms. The second-order valence-electron chi connectivity index (χ2n) is 3.95. The quantitative estimate of drug-likeness (QED) is 0.767. The molecule has 18 heavy (non-hydrogen) atoms. The lowest BCUT2D eigenvalue weighted by atomic mass is 10.2. The van der Waals surface area contributed by atoms with E-state index in [1.165, 1.54) is 12.5 Å². The van der Waals surface area contributed by atoms with Crippen LogP contribution in [0.15, 0.2) is 57.8 Å². The predicted molar refractivity (Wildman–Crippen MR) is 66.1 cm³/mol. The van der Waals surface area contributed by atoms with E-state index in [1.807, 2.05) is 30.3 Å². The Morgan fingerprint density at radius 2 is 2.11 bits per heavy atom. The molecule has 0 saturated carbocycles. The van der Waals surface area contributed by atoms with E-state index in [0.717, 1.165) is 16.7 Å². The van der Waals surface area contributed by atoms with Crippen LogP contribution in [0.1, 0.15) is 16.1 Å². The van der Waals surface area contributed by atoms with Gasteiger partial charge in [-0.1, -0.05) is 18.2 Å². The maximum Gasteiger partial charge on any atom is 0.254 e. The number of nitrogens with one attached hydrogen (secondary N) is 1. The maximum absolute atomic E-state index is 11.7. The molecule has 2 heterocycles. The molecule has 0 radical (unpaired) electrons. The molecule has 0 aliphatic carbocycles. The van der Waals surface area contributed by atoms with Crippen LogP contribution >= 0.6 is 0 Å². The van der Waals surface area contributed by atoms with Crippen molar-refractivity contribution in [3.8, 4) is 0 Å². The summed E-state index contributed by atoms with van der Waals surface area (Å²) in [7, 11) is 0. The van der Waals surface area contributed by atoms with Crippen molar-refractivity contribution >= 4 is 16.9 Å². The van der Waals surface area contributed by atoms with Crippen molar-refractivity contribution in [3.05, 3.63) is 60.2 Å². The number of benzene rings is 1. The molecule has 1 N–H and O–H groups in total. The average molecular weight is 241 g/mol. The number of hydrogen-bond donors (Lipinski definition) is 1. The minimum absolute atomic E-state index is 0.177.